The van der Waals surface area contributed by atoms with Crippen LogP contribution in [0.15, 0.2) is 24.3 Å². The van der Waals surface area contributed by atoms with E-state index < -0.39 is 8.07 Å². The lowest BCUT2D eigenvalue weighted by Crippen LogP contribution is -2.30. The van der Waals surface area contributed by atoms with Crippen LogP contribution < -0.4 is 4.74 Å². The van der Waals surface area contributed by atoms with Crippen molar-refractivity contribution in [1.82, 2.24) is 0 Å². The van der Waals surface area contributed by atoms with Gasteiger partial charge in [0.2, 0.25) is 0 Å². The average Bonchev–Trinajstić information content (AvgIpc) is 2.15. The molecule has 0 aliphatic carbocycles. The van der Waals surface area contributed by atoms with E-state index in [0.717, 1.165) is 11.3 Å². The maximum absolute atomic E-state index is 10.1. The summed E-state index contributed by atoms with van der Waals surface area (Å²) >= 11 is 0. The standard InChI is InChI=1S/C11H18O2Si/c1-13-10-7-5-6-9(8-10)11(12)14(2,3)4/h5-8,11-12H,1-4H3/t11-/m0/s1. The first-order valence-electron chi connectivity index (χ1n) is 4.77. The predicted molar refractivity (Wildman–Crippen MR) is 61.3 cm³/mol. The highest BCUT2D eigenvalue weighted by Crippen LogP contribution is 2.26. The van der Waals surface area contributed by atoms with Gasteiger partial charge in [-0.15, -0.1) is 0 Å². The molecule has 14 heavy (non-hydrogen) atoms. The summed E-state index contributed by atoms with van der Waals surface area (Å²) < 4.78 is 5.12. The van der Waals surface area contributed by atoms with Crippen LogP contribution in [-0.4, -0.2) is 20.3 Å². The summed E-state index contributed by atoms with van der Waals surface area (Å²) in [6, 6.07) is 7.66. The van der Waals surface area contributed by atoms with Crippen molar-refractivity contribution in [2.45, 2.75) is 25.4 Å². The Kier molecular flexibility index (Phi) is 3.34. The van der Waals surface area contributed by atoms with Crippen LogP contribution >= 0.6 is 0 Å². The van der Waals surface area contributed by atoms with Gasteiger partial charge in [0.05, 0.1) is 20.9 Å². The van der Waals surface area contributed by atoms with Gasteiger partial charge in [-0.05, 0) is 17.7 Å². The molecule has 1 aromatic carbocycles. The van der Waals surface area contributed by atoms with Crippen molar-refractivity contribution in [2.75, 3.05) is 7.11 Å². The Bertz CT molecular complexity index is 304. The predicted octanol–water partition coefficient (Wildman–Crippen LogP) is 2.61. The summed E-state index contributed by atoms with van der Waals surface area (Å²) in [4.78, 5) is 0. The minimum atomic E-state index is -1.54. The second-order valence-corrected chi connectivity index (χ2v) is 9.82. The van der Waals surface area contributed by atoms with E-state index in [0.29, 0.717) is 0 Å². The highest BCUT2D eigenvalue weighted by molar-refractivity contribution is 6.77. The first-order valence-corrected chi connectivity index (χ1v) is 8.35. The monoisotopic (exact) mass is 210 g/mol. The fourth-order valence-electron chi connectivity index (χ4n) is 1.31. The third kappa shape index (κ3) is 2.59. The molecule has 0 aromatic heterocycles. The van der Waals surface area contributed by atoms with Crippen molar-refractivity contribution in [3.05, 3.63) is 29.8 Å². The Hall–Kier alpha value is -0.803. The van der Waals surface area contributed by atoms with Crippen LogP contribution in [0.25, 0.3) is 0 Å². The van der Waals surface area contributed by atoms with Crippen LogP contribution in [0.1, 0.15) is 11.3 Å². The maximum atomic E-state index is 10.1. The Morgan fingerprint density at radius 3 is 2.43 bits per heavy atom. The molecule has 0 unspecified atom stereocenters. The van der Waals surface area contributed by atoms with Gasteiger partial charge in [0.15, 0.2) is 0 Å². The van der Waals surface area contributed by atoms with Crippen LogP contribution in [0.4, 0.5) is 0 Å². The van der Waals surface area contributed by atoms with Gasteiger partial charge in [-0.2, -0.15) is 0 Å². The number of hydrogen-bond acceptors (Lipinski definition) is 2. The van der Waals surface area contributed by atoms with Crippen molar-refractivity contribution in [3.63, 3.8) is 0 Å². The number of rotatable bonds is 3. The molecule has 0 amide bonds. The lowest BCUT2D eigenvalue weighted by atomic mass is 10.2. The number of benzene rings is 1. The van der Waals surface area contributed by atoms with E-state index in [-0.39, 0.29) is 5.73 Å². The fourth-order valence-corrected chi connectivity index (χ4v) is 2.49. The van der Waals surface area contributed by atoms with E-state index in [4.69, 9.17) is 4.74 Å². The smallest absolute Gasteiger partial charge is 0.119 e. The van der Waals surface area contributed by atoms with E-state index in [2.05, 4.69) is 19.6 Å². The van der Waals surface area contributed by atoms with Crippen LogP contribution in [-0.2, 0) is 0 Å². The van der Waals surface area contributed by atoms with Gasteiger partial charge in [0.1, 0.15) is 5.75 Å². The molecule has 1 aromatic rings. The van der Waals surface area contributed by atoms with Gasteiger partial charge < -0.3 is 9.84 Å². The van der Waals surface area contributed by atoms with Crippen molar-refractivity contribution in [3.8, 4) is 5.75 Å². The quantitative estimate of drug-likeness (QED) is 0.777. The SMILES string of the molecule is COc1cccc([C@@H](O)[Si](C)(C)C)c1. The third-order valence-electron chi connectivity index (χ3n) is 2.23. The molecule has 3 heteroatoms. The number of methoxy groups -OCH3 is 1. The molecule has 0 aliphatic rings. The summed E-state index contributed by atoms with van der Waals surface area (Å²) in [6.45, 7) is 6.45. The zero-order valence-electron chi connectivity index (χ0n) is 9.24. The molecule has 0 saturated carbocycles. The lowest BCUT2D eigenvalue weighted by molar-refractivity contribution is 0.249. The molecule has 0 bridgehead atoms. The molecule has 1 N–H and O–H groups in total. The van der Waals surface area contributed by atoms with E-state index in [1.807, 2.05) is 24.3 Å². The van der Waals surface area contributed by atoms with Gasteiger partial charge >= 0.3 is 0 Å². The zero-order valence-corrected chi connectivity index (χ0v) is 10.2. The number of aliphatic hydroxyl groups excluding tert-OH is 1. The third-order valence-corrected chi connectivity index (χ3v) is 4.20. The Morgan fingerprint density at radius 1 is 1.29 bits per heavy atom. The van der Waals surface area contributed by atoms with Crippen molar-refractivity contribution in [2.24, 2.45) is 0 Å². The first kappa shape index (κ1) is 11.3. The van der Waals surface area contributed by atoms with E-state index in [9.17, 15) is 5.11 Å². The van der Waals surface area contributed by atoms with Crippen molar-refractivity contribution >= 4 is 8.07 Å². The molecular formula is C11H18O2Si. The minimum Gasteiger partial charge on any atom is -0.497 e. The van der Waals surface area contributed by atoms with Gasteiger partial charge in [0, 0.05) is 0 Å². The molecule has 1 rings (SSSR count). The zero-order chi connectivity index (χ0) is 10.8. The molecule has 2 nitrogen and oxygen atoms in total. The van der Waals surface area contributed by atoms with Gasteiger partial charge in [0.25, 0.3) is 0 Å². The molecule has 0 spiro atoms. The summed E-state index contributed by atoms with van der Waals surface area (Å²) in [5, 5.41) is 10.1. The second kappa shape index (κ2) is 4.15. The molecule has 0 heterocycles. The Morgan fingerprint density at radius 2 is 1.93 bits per heavy atom. The summed E-state index contributed by atoms with van der Waals surface area (Å²) in [5.74, 6) is 0.805. The van der Waals surface area contributed by atoms with E-state index in [1.54, 1.807) is 7.11 Å². The topological polar surface area (TPSA) is 29.5 Å². The fraction of sp³-hybridized carbons (Fsp3) is 0.455. The average molecular weight is 210 g/mol. The highest BCUT2D eigenvalue weighted by Gasteiger charge is 2.26. The van der Waals surface area contributed by atoms with Crippen molar-refractivity contribution in [1.29, 1.82) is 0 Å². The van der Waals surface area contributed by atoms with Crippen LogP contribution in [0, 0.1) is 0 Å². The van der Waals surface area contributed by atoms with Gasteiger partial charge in [-0.25, -0.2) is 0 Å². The van der Waals surface area contributed by atoms with Gasteiger partial charge in [-0.1, -0.05) is 31.8 Å². The molecule has 78 valence electrons. The molecule has 0 radical (unpaired) electrons. The molecular weight excluding hydrogens is 192 g/mol. The number of aliphatic hydroxyl groups is 1. The number of ether oxygens (including phenoxy) is 1. The number of hydrogen-bond donors (Lipinski definition) is 1. The normalized spacial score (nSPS) is 13.8. The van der Waals surface area contributed by atoms with Crippen LogP contribution in [0.3, 0.4) is 0 Å². The summed E-state index contributed by atoms with van der Waals surface area (Å²) in [5.41, 5.74) is 0.640. The minimum absolute atomic E-state index is 0.322. The lowest BCUT2D eigenvalue weighted by Gasteiger charge is -2.24. The summed E-state index contributed by atoms with van der Waals surface area (Å²) in [6.07, 6.45) is 0. The largest absolute Gasteiger partial charge is 0.497 e. The first-order chi connectivity index (χ1) is 6.45. The van der Waals surface area contributed by atoms with Crippen LogP contribution in [0.2, 0.25) is 19.6 Å². The Labute approximate surface area is 86.5 Å². The highest BCUT2D eigenvalue weighted by atomic mass is 28.3. The Balaban J connectivity index is 2.95. The van der Waals surface area contributed by atoms with Crippen molar-refractivity contribution < 1.29 is 9.84 Å². The molecule has 1 atom stereocenters. The molecule has 0 fully saturated rings. The maximum Gasteiger partial charge on any atom is 0.119 e. The molecule has 0 aliphatic heterocycles. The summed E-state index contributed by atoms with van der Waals surface area (Å²) in [7, 11) is 0.102. The molecule has 0 saturated heterocycles. The van der Waals surface area contributed by atoms with E-state index >= 15 is 0 Å². The van der Waals surface area contributed by atoms with Gasteiger partial charge in [-0.3, -0.25) is 0 Å². The second-order valence-electron chi connectivity index (χ2n) is 4.55. The van der Waals surface area contributed by atoms with E-state index in [1.165, 1.54) is 0 Å². The van der Waals surface area contributed by atoms with Crippen LogP contribution in [0.5, 0.6) is 5.75 Å².